The molecule has 1 fully saturated rings. The summed E-state index contributed by atoms with van der Waals surface area (Å²) in [7, 11) is -3.49. The molecule has 6 nitrogen and oxygen atoms in total. The summed E-state index contributed by atoms with van der Waals surface area (Å²) in [4.78, 5) is 13.2. The maximum Gasteiger partial charge on any atom is 0.252 e. The molecule has 1 aromatic heterocycles. The summed E-state index contributed by atoms with van der Waals surface area (Å²) in [6.45, 7) is 7.62. The third kappa shape index (κ3) is 4.63. The first kappa shape index (κ1) is 21.0. The van der Waals surface area contributed by atoms with Gasteiger partial charge >= 0.3 is 0 Å². The van der Waals surface area contributed by atoms with Gasteiger partial charge in [0.25, 0.3) is 15.9 Å². The first-order chi connectivity index (χ1) is 13.2. The number of ether oxygens (including phenoxy) is 1. The van der Waals surface area contributed by atoms with Crippen molar-refractivity contribution in [3.05, 3.63) is 42.0 Å². The van der Waals surface area contributed by atoms with E-state index in [-0.39, 0.29) is 11.4 Å². The van der Waals surface area contributed by atoms with Crippen LogP contribution in [-0.4, -0.2) is 50.5 Å². The SMILES string of the molecule is CCC(C)(C)NC(=O)c1ccc(-c2ccc(S(=O)(=O)N3CCOCC3)s2)cc1. The molecule has 1 N–H and O–H groups in total. The Hall–Kier alpha value is -1.74. The molecule has 8 heteroatoms. The largest absolute Gasteiger partial charge is 0.379 e. The van der Waals surface area contributed by atoms with Crippen molar-refractivity contribution in [2.75, 3.05) is 26.3 Å². The van der Waals surface area contributed by atoms with Crippen LogP contribution in [0, 0.1) is 0 Å². The number of rotatable bonds is 6. The molecule has 1 amide bonds. The van der Waals surface area contributed by atoms with Crippen LogP contribution in [0.2, 0.25) is 0 Å². The lowest BCUT2D eigenvalue weighted by Crippen LogP contribution is -2.42. The topological polar surface area (TPSA) is 75.7 Å². The van der Waals surface area contributed by atoms with Gasteiger partial charge in [0.05, 0.1) is 13.2 Å². The van der Waals surface area contributed by atoms with E-state index < -0.39 is 10.0 Å². The smallest absolute Gasteiger partial charge is 0.252 e. The van der Waals surface area contributed by atoms with Crippen molar-refractivity contribution in [2.24, 2.45) is 0 Å². The van der Waals surface area contributed by atoms with Crippen molar-refractivity contribution in [2.45, 2.75) is 36.9 Å². The molecule has 1 aliphatic heterocycles. The van der Waals surface area contributed by atoms with Crippen LogP contribution in [0.25, 0.3) is 10.4 Å². The van der Waals surface area contributed by atoms with Gasteiger partial charge in [-0.1, -0.05) is 19.1 Å². The Morgan fingerprint density at radius 1 is 1.14 bits per heavy atom. The molecule has 0 radical (unpaired) electrons. The van der Waals surface area contributed by atoms with Crippen LogP contribution >= 0.6 is 11.3 Å². The van der Waals surface area contributed by atoms with Crippen molar-refractivity contribution < 1.29 is 17.9 Å². The van der Waals surface area contributed by atoms with E-state index in [1.54, 1.807) is 18.2 Å². The fourth-order valence-corrected chi connectivity index (χ4v) is 5.66. The van der Waals surface area contributed by atoms with Gasteiger partial charge in [-0.05, 0) is 50.1 Å². The predicted octanol–water partition coefficient (Wildman–Crippen LogP) is 3.35. The average Bonchev–Trinajstić information content (AvgIpc) is 3.19. The third-order valence-corrected chi connectivity index (χ3v) is 8.41. The highest BCUT2D eigenvalue weighted by molar-refractivity contribution is 7.91. The Bertz CT molecular complexity index is 927. The van der Waals surface area contributed by atoms with Gasteiger partial charge < -0.3 is 10.1 Å². The molecular weight excluding hydrogens is 396 g/mol. The molecule has 0 aliphatic carbocycles. The highest BCUT2D eigenvalue weighted by atomic mass is 32.2. The normalized spacial score (nSPS) is 16.1. The summed E-state index contributed by atoms with van der Waals surface area (Å²) in [5.41, 5.74) is 1.22. The van der Waals surface area contributed by atoms with Crippen molar-refractivity contribution >= 4 is 27.3 Å². The summed E-state index contributed by atoms with van der Waals surface area (Å²) in [5, 5.41) is 3.01. The zero-order chi connectivity index (χ0) is 20.4. The Morgan fingerprint density at radius 2 is 1.79 bits per heavy atom. The van der Waals surface area contributed by atoms with Crippen LogP contribution in [-0.2, 0) is 14.8 Å². The molecule has 1 aliphatic rings. The second-order valence-electron chi connectivity index (χ2n) is 7.40. The maximum absolute atomic E-state index is 12.8. The fourth-order valence-electron chi connectivity index (χ4n) is 2.78. The van der Waals surface area contributed by atoms with Gasteiger partial charge in [0.15, 0.2) is 0 Å². The second kappa shape index (κ2) is 8.32. The summed E-state index contributed by atoms with van der Waals surface area (Å²) in [6.07, 6.45) is 0.840. The number of amides is 1. The average molecular weight is 423 g/mol. The Morgan fingerprint density at radius 3 is 2.39 bits per heavy atom. The number of sulfonamides is 1. The van der Waals surface area contributed by atoms with Crippen LogP contribution in [0.4, 0.5) is 0 Å². The van der Waals surface area contributed by atoms with Crippen LogP contribution in [0.5, 0.6) is 0 Å². The lowest BCUT2D eigenvalue weighted by molar-refractivity contribution is 0.0731. The van der Waals surface area contributed by atoms with E-state index in [0.29, 0.717) is 36.1 Å². The van der Waals surface area contributed by atoms with E-state index in [4.69, 9.17) is 4.74 Å². The predicted molar refractivity (Wildman–Crippen MR) is 111 cm³/mol. The first-order valence-corrected chi connectivity index (χ1v) is 11.6. The molecule has 0 unspecified atom stereocenters. The van der Waals surface area contributed by atoms with Gasteiger partial charge in [0.1, 0.15) is 4.21 Å². The van der Waals surface area contributed by atoms with Crippen molar-refractivity contribution in [3.63, 3.8) is 0 Å². The molecule has 0 atom stereocenters. The number of thiophene rings is 1. The summed E-state index contributed by atoms with van der Waals surface area (Å²) < 4.78 is 32.6. The molecule has 2 aromatic rings. The summed E-state index contributed by atoms with van der Waals surface area (Å²) >= 11 is 1.24. The van der Waals surface area contributed by atoms with Crippen LogP contribution in [0.3, 0.4) is 0 Å². The molecule has 3 rings (SSSR count). The minimum absolute atomic E-state index is 0.111. The molecule has 152 valence electrons. The van der Waals surface area contributed by atoms with Crippen molar-refractivity contribution in [1.29, 1.82) is 0 Å². The van der Waals surface area contributed by atoms with E-state index in [2.05, 4.69) is 5.32 Å². The minimum Gasteiger partial charge on any atom is -0.379 e. The number of carbonyl (C=O) groups is 1. The van der Waals surface area contributed by atoms with Crippen molar-refractivity contribution in [1.82, 2.24) is 9.62 Å². The first-order valence-electron chi connectivity index (χ1n) is 9.33. The monoisotopic (exact) mass is 422 g/mol. The van der Waals surface area contributed by atoms with Gasteiger partial charge in [0.2, 0.25) is 0 Å². The van der Waals surface area contributed by atoms with Crippen LogP contribution < -0.4 is 5.32 Å². The van der Waals surface area contributed by atoms with Crippen molar-refractivity contribution in [3.8, 4) is 10.4 Å². The van der Waals surface area contributed by atoms with E-state index >= 15 is 0 Å². The zero-order valence-corrected chi connectivity index (χ0v) is 18.0. The number of benzene rings is 1. The molecule has 1 aromatic carbocycles. The third-order valence-electron chi connectivity index (χ3n) is 4.91. The quantitative estimate of drug-likeness (QED) is 0.775. The second-order valence-corrected chi connectivity index (χ2v) is 10.7. The number of nitrogens with zero attached hydrogens (tertiary/aromatic N) is 1. The van der Waals surface area contributed by atoms with Gasteiger partial charge in [0, 0.05) is 29.1 Å². The molecule has 28 heavy (non-hydrogen) atoms. The van der Waals surface area contributed by atoms with Gasteiger partial charge in [-0.15, -0.1) is 11.3 Å². The molecule has 0 spiro atoms. The Balaban J connectivity index is 1.76. The molecule has 1 saturated heterocycles. The standard InChI is InChI=1S/C20H26N2O4S2/c1-4-20(2,3)21-19(23)16-7-5-15(6-8-16)17-9-10-18(27-17)28(24,25)22-11-13-26-14-12-22/h5-10H,4,11-14H2,1-3H3,(H,21,23). The van der Waals surface area contributed by atoms with Gasteiger partial charge in [-0.2, -0.15) is 4.31 Å². The Kier molecular flexibility index (Phi) is 6.24. The number of hydrogen-bond acceptors (Lipinski definition) is 5. The fraction of sp³-hybridized carbons (Fsp3) is 0.450. The number of nitrogens with one attached hydrogen (secondary N) is 1. The summed E-state index contributed by atoms with van der Waals surface area (Å²) in [5.74, 6) is -0.111. The van der Waals surface area contributed by atoms with E-state index in [1.165, 1.54) is 15.6 Å². The van der Waals surface area contributed by atoms with Crippen LogP contribution in [0.1, 0.15) is 37.6 Å². The number of carbonyl (C=O) groups excluding carboxylic acids is 1. The maximum atomic E-state index is 12.8. The highest BCUT2D eigenvalue weighted by Crippen LogP contribution is 2.32. The van der Waals surface area contributed by atoms with E-state index in [9.17, 15) is 13.2 Å². The molecule has 0 bridgehead atoms. The lowest BCUT2D eigenvalue weighted by atomic mass is 10.0. The highest BCUT2D eigenvalue weighted by Gasteiger charge is 2.28. The minimum atomic E-state index is -3.49. The Labute approximate surface area is 170 Å². The van der Waals surface area contributed by atoms with Gasteiger partial charge in [-0.3, -0.25) is 4.79 Å². The van der Waals surface area contributed by atoms with Gasteiger partial charge in [-0.25, -0.2) is 8.42 Å². The molecular formula is C20H26N2O4S2. The zero-order valence-electron chi connectivity index (χ0n) is 16.4. The number of hydrogen-bond donors (Lipinski definition) is 1. The van der Waals surface area contributed by atoms with E-state index in [0.717, 1.165) is 16.9 Å². The molecule has 2 heterocycles. The lowest BCUT2D eigenvalue weighted by Gasteiger charge is -2.25. The van der Waals surface area contributed by atoms with E-state index in [1.807, 2.05) is 39.0 Å². The van der Waals surface area contributed by atoms with Crippen LogP contribution in [0.15, 0.2) is 40.6 Å². The number of morpholine rings is 1. The molecule has 0 saturated carbocycles. The summed E-state index contributed by atoms with van der Waals surface area (Å²) in [6, 6.07) is 10.7.